The third-order valence-corrected chi connectivity index (χ3v) is 6.18. The van der Waals surface area contributed by atoms with Crippen molar-refractivity contribution in [2.24, 2.45) is 0 Å². The highest BCUT2D eigenvalue weighted by atomic mass is 19.1. The first-order valence-electron chi connectivity index (χ1n) is 11.7. The lowest BCUT2D eigenvalue weighted by atomic mass is 9.98. The number of benzene rings is 1. The van der Waals surface area contributed by atoms with Crippen LogP contribution in [0, 0.1) is 11.3 Å². The fourth-order valence-corrected chi connectivity index (χ4v) is 4.35. The third kappa shape index (κ3) is 5.66. The molecule has 2 atom stereocenters. The van der Waals surface area contributed by atoms with Gasteiger partial charge in [0.15, 0.2) is 5.78 Å². The topological polar surface area (TPSA) is 105 Å². The van der Waals surface area contributed by atoms with Crippen molar-refractivity contribution < 1.29 is 23.5 Å². The summed E-state index contributed by atoms with van der Waals surface area (Å²) in [6, 6.07) is 12.1. The zero-order valence-electron chi connectivity index (χ0n) is 20.2. The fraction of sp³-hybridized carbons (Fsp3) is 0.370. The molecule has 1 aliphatic rings. The third-order valence-electron chi connectivity index (χ3n) is 6.18. The first-order valence-corrected chi connectivity index (χ1v) is 11.7. The number of rotatable bonds is 9. The Balaban J connectivity index is 1.49. The van der Waals surface area contributed by atoms with E-state index in [9.17, 15) is 19.2 Å². The van der Waals surface area contributed by atoms with E-state index in [4.69, 9.17) is 9.47 Å². The highest BCUT2D eigenvalue weighted by Gasteiger charge is 2.43. The predicted molar refractivity (Wildman–Crippen MR) is 131 cm³/mol. The molecule has 1 aromatic carbocycles. The average molecular weight is 491 g/mol. The molecule has 3 heterocycles. The molecule has 1 unspecified atom stereocenters. The van der Waals surface area contributed by atoms with Crippen molar-refractivity contribution in [3.63, 3.8) is 0 Å². The van der Waals surface area contributed by atoms with Crippen LogP contribution in [0.15, 0.2) is 48.8 Å². The minimum absolute atomic E-state index is 0.0178. The van der Waals surface area contributed by atoms with E-state index >= 15 is 0 Å². The smallest absolute Gasteiger partial charge is 0.224 e. The molecular weight excluding hydrogens is 463 g/mol. The molecule has 1 aliphatic heterocycles. The second-order valence-corrected chi connectivity index (χ2v) is 9.02. The number of amides is 1. The van der Waals surface area contributed by atoms with Crippen molar-refractivity contribution in [3.8, 4) is 23.1 Å². The van der Waals surface area contributed by atoms with Gasteiger partial charge in [0.1, 0.15) is 18.3 Å². The van der Waals surface area contributed by atoms with Gasteiger partial charge >= 0.3 is 0 Å². The molecule has 1 amide bonds. The Hall–Kier alpha value is -3.90. The van der Waals surface area contributed by atoms with Gasteiger partial charge in [-0.2, -0.15) is 5.26 Å². The lowest BCUT2D eigenvalue weighted by molar-refractivity contribution is -0.131. The van der Waals surface area contributed by atoms with E-state index in [0.29, 0.717) is 35.6 Å². The molecule has 186 valence electrons. The van der Waals surface area contributed by atoms with Crippen LogP contribution in [-0.4, -0.2) is 65.1 Å². The summed E-state index contributed by atoms with van der Waals surface area (Å²) in [7, 11) is 1.60. The summed E-state index contributed by atoms with van der Waals surface area (Å²) in [5.41, 5.74) is 1.21. The summed E-state index contributed by atoms with van der Waals surface area (Å²) < 4.78 is 24.8. The summed E-state index contributed by atoms with van der Waals surface area (Å²) in [6.45, 7) is 2.12. The van der Waals surface area contributed by atoms with Gasteiger partial charge < -0.3 is 14.4 Å². The zero-order chi connectivity index (χ0) is 25.7. The van der Waals surface area contributed by atoms with E-state index in [0.717, 1.165) is 11.1 Å². The Morgan fingerprint density at radius 2 is 1.97 bits per heavy atom. The second kappa shape index (κ2) is 10.8. The molecule has 0 N–H and O–H groups in total. The standard InChI is InChI=1S/C27H27FN4O4/c1-27(28)14-20(15-29)32(17-27)26(34)8-6-24(33)21-9-10-30-23-5-3-18(13-22(21)23)19-4-7-25(31-16-19)36-12-11-35-2/h3-5,7,9-10,13,16,20H,6,8,11-12,14,17H2,1-2H3/t20-,27?/m0/s1. The summed E-state index contributed by atoms with van der Waals surface area (Å²) in [5, 5.41) is 9.94. The maximum absolute atomic E-state index is 14.3. The number of Topliss-reactive ketones (excluding diaryl/α,β-unsaturated/α-hetero) is 1. The van der Waals surface area contributed by atoms with E-state index in [1.165, 1.54) is 11.8 Å². The van der Waals surface area contributed by atoms with Gasteiger partial charge in [-0.1, -0.05) is 6.07 Å². The normalized spacial score (nSPS) is 19.3. The average Bonchev–Trinajstić information content (AvgIpc) is 3.21. The van der Waals surface area contributed by atoms with E-state index in [-0.39, 0.29) is 31.6 Å². The number of fused-ring (bicyclic) bond motifs is 1. The number of methoxy groups -OCH3 is 1. The van der Waals surface area contributed by atoms with Gasteiger partial charge in [-0.05, 0) is 36.8 Å². The van der Waals surface area contributed by atoms with E-state index in [1.54, 1.807) is 31.6 Å². The molecule has 2 aromatic heterocycles. The van der Waals surface area contributed by atoms with Gasteiger partial charge in [-0.3, -0.25) is 14.6 Å². The summed E-state index contributed by atoms with van der Waals surface area (Å²) >= 11 is 0. The zero-order valence-corrected chi connectivity index (χ0v) is 20.2. The maximum Gasteiger partial charge on any atom is 0.224 e. The van der Waals surface area contributed by atoms with Crippen molar-refractivity contribution in [1.82, 2.24) is 14.9 Å². The summed E-state index contributed by atoms with van der Waals surface area (Å²) in [6.07, 6.45) is 3.10. The van der Waals surface area contributed by atoms with E-state index < -0.39 is 17.6 Å². The Morgan fingerprint density at radius 3 is 2.69 bits per heavy atom. The van der Waals surface area contributed by atoms with Crippen molar-refractivity contribution >= 4 is 22.6 Å². The lowest BCUT2D eigenvalue weighted by Crippen LogP contribution is -2.36. The minimum Gasteiger partial charge on any atom is -0.475 e. The van der Waals surface area contributed by atoms with Gasteiger partial charge in [0.25, 0.3) is 0 Å². The van der Waals surface area contributed by atoms with Crippen LogP contribution >= 0.6 is 0 Å². The molecular formula is C27H27FN4O4. The first-order chi connectivity index (χ1) is 17.3. The molecule has 0 saturated carbocycles. The van der Waals surface area contributed by atoms with E-state index in [1.807, 2.05) is 30.3 Å². The Labute approximate surface area is 208 Å². The molecule has 0 aliphatic carbocycles. The van der Waals surface area contributed by atoms with Gasteiger partial charge in [-0.15, -0.1) is 0 Å². The number of alkyl halides is 1. The fourth-order valence-electron chi connectivity index (χ4n) is 4.35. The highest BCUT2D eigenvalue weighted by Crippen LogP contribution is 2.31. The molecule has 0 spiro atoms. The molecule has 36 heavy (non-hydrogen) atoms. The van der Waals surface area contributed by atoms with Crippen molar-refractivity contribution in [2.75, 3.05) is 26.9 Å². The number of nitrogens with zero attached hydrogens (tertiary/aromatic N) is 4. The van der Waals surface area contributed by atoms with Crippen LogP contribution in [0.3, 0.4) is 0 Å². The summed E-state index contributed by atoms with van der Waals surface area (Å²) in [5.74, 6) is -0.124. The molecule has 0 radical (unpaired) electrons. The van der Waals surface area contributed by atoms with Gasteiger partial charge in [0.05, 0.1) is 24.7 Å². The van der Waals surface area contributed by atoms with Gasteiger partial charge in [0.2, 0.25) is 11.8 Å². The minimum atomic E-state index is -1.60. The Kier molecular flexibility index (Phi) is 7.55. The number of likely N-dealkylation sites (tertiary alicyclic amines) is 1. The largest absolute Gasteiger partial charge is 0.475 e. The van der Waals surface area contributed by atoms with Crippen LogP contribution < -0.4 is 4.74 Å². The SMILES string of the molecule is COCCOc1ccc(-c2ccc3nccc(C(=O)CCC(=O)N4CC(C)(F)C[C@H]4C#N)c3c2)cn1. The number of pyridine rings is 2. The number of halogens is 1. The van der Waals surface area contributed by atoms with Crippen LogP contribution in [0.4, 0.5) is 4.39 Å². The number of hydrogen-bond acceptors (Lipinski definition) is 7. The number of nitriles is 1. The first kappa shape index (κ1) is 25.2. The van der Waals surface area contributed by atoms with Crippen LogP contribution in [0.1, 0.15) is 36.5 Å². The number of aromatic nitrogens is 2. The molecule has 3 aromatic rings. The highest BCUT2D eigenvalue weighted by molar-refractivity contribution is 6.08. The molecule has 1 fully saturated rings. The molecule has 9 heteroatoms. The molecule has 4 rings (SSSR count). The summed E-state index contributed by atoms with van der Waals surface area (Å²) in [4.78, 5) is 35.7. The van der Waals surface area contributed by atoms with Crippen molar-refractivity contribution in [1.29, 1.82) is 5.26 Å². The number of ketones is 1. The lowest BCUT2D eigenvalue weighted by Gasteiger charge is -2.19. The molecule has 0 bridgehead atoms. The van der Waals surface area contributed by atoms with Crippen LogP contribution in [0.5, 0.6) is 5.88 Å². The number of carbonyl (C=O) groups is 2. The molecule has 8 nitrogen and oxygen atoms in total. The Bertz CT molecular complexity index is 1300. The van der Waals surface area contributed by atoms with Gasteiger partial charge in [-0.25, -0.2) is 9.37 Å². The second-order valence-electron chi connectivity index (χ2n) is 9.02. The number of carbonyl (C=O) groups excluding carboxylic acids is 2. The Morgan fingerprint density at radius 1 is 1.17 bits per heavy atom. The monoisotopic (exact) mass is 490 g/mol. The van der Waals surface area contributed by atoms with Gasteiger partial charge in [0, 0.05) is 61.3 Å². The predicted octanol–water partition coefficient (Wildman–Crippen LogP) is 4.14. The quantitative estimate of drug-likeness (QED) is 0.328. The van der Waals surface area contributed by atoms with Crippen LogP contribution in [0.2, 0.25) is 0 Å². The molecule has 1 saturated heterocycles. The number of hydrogen-bond donors (Lipinski definition) is 0. The van der Waals surface area contributed by atoms with Crippen molar-refractivity contribution in [3.05, 3.63) is 54.4 Å². The number of ether oxygens (including phenoxy) is 2. The van der Waals surface area contributed by atoms with E-state index in [2.05, 4.69) is 9.97 Å². The van der Waals surface area contributed by atoms with Crippen LogP contribution in [0.25, 0.3) is 22.0 Å². The van der Waals surface area contributed by atoms with Crippen molar-refractivity contribution in [2.45, 2.75) is 37.9 Å². The maximum atomic E-state index is 14.3. The van der Waals surface area contributed by atoms with Crippen LogP contribution in [-0.2, 0) is 9.53 Å².